The fourth-order valence-electron chi connectivity index (χ4n) is 2.58. The van der Waals surface area contributed by atoms with Crippen molar-refractivity contribution < 1.29 is 8.42 Å². The number of nitrogens with one attached hydrogen (secondary N) is 1. The van der Waals surface area contributed by atoms with Gasteiger partial charge in [0, 0.05) is 23.9 Å². The van der Waals surface area contributed by atoms with Gasteiger partial charge in [0.1, 0.15) is 9.84 Å². The van der Waals surface area contributed by atoms with Crippen LogP contribution in [-0.2, 0) is 16.4 Å². The second-order valence-corrected chi connectivity index (χ2v) is 8.08. The van der Waals surface area contributed by atoms with Crippen molar-refractivity contribution >= 4 is 21.4 Å². The Morgan fingerprint density at radius 2 is 1.95 bits per heavy atom. The SMILES string of the molecule is CS(=O)(=O)C1CCCC(NCc2ccc(Cl)cc2)C1. The van der Waals surface area contributed by atoms with Crippen LogP contribution in [0.3, 0.4) is 0 Å². The van der Waals surface area contributed by atoms with Crippen molar-refractivity contribution in [2.75, 3.05) is 6.26 Å². The first kappa shape index (κ1) is 14.8. The Hall–Kier alpha value is -0.580. The van der Waals surface area contributed by atoms with Crippen molar-refractivity contribution in [2.45, 2.75) is 43.5 Å². The van der Waals surface area contributed by atoms with E-state index in [4.69, 9.17) is 11.6 Å². The molecule has 0 bridgehead atoms. The summed E-state index contributed by atoms with van der Waals surface area (Å²) < 4.78 is 23.2. The number of hydrogen-bond acceptors (Lipinski definition) is 3. The number of benzene rings is 1. The zero-order valence-corrected chi connectivity index (χ0v) is 12.7. The maximum absolute atomic E-state index is 11.6. The van der Waals surface area contributed by atoms with Crippen LogP contribution in [0.25, 0.3) is 0 Å². The van der Waals surface area contributed by atoms with Gasteiger partial charge in [-0.05, 0) is 37.0 Å². The topological polar surface area (TPSA) is 46.2 Å². The maximum Gasteiger partial charge on any atom is 0.150 e. The third kappa shape index (κ3) is 4.48. The largest absolute Gasteiger partial charge is 0.310 e. The van der Waals surface area contributed by atoms with E-state index >= 15 is 0 Å². The molecule has 1 aromatic carbocycles. The molecular formula is C14H20ClNO2S. The van der Waals surface area contributed by atoms with Gasteiger partial charge < -0.3 is 5.32 Å². The highest BCUT2D eigenvalue weighted by molar-refractivity contribution is 7.91. The third-order valence-corrected chi connectivity index (χ3v) is 5.63. The van der Waals surface area contributed by atoms with E-state index in [0.717, 1.165) is 37.3 Å². The predicted molar refractivity (Wildman–Crippen MR) is 79.2 cm³/mol. The van der Waals surface area contributed by atoms with Crippen LogP contribution in [0.4, 0.5) is 0 Å². The number of halogens is 1. The molecule has 1 fully saturated rings. The van der Waals surface area contributed by atoms with Crippen molar-refractivity contribution in [3.63, 3.8) is 0 Å². The number of hydrogen-bond donors (Lipinski definition) is 1. The molecule has 0 spiro atoms. The molecule has 19 heavy (non-hydrogen) atoms. The van der Waals surface area contributed by atoms with Gasteiger partial charge in [-0.15, -0.1) is 0 Å². The van der Waals surface area contributed by atoms with E-state index in [-0.39, 0.29) is 5.25 Å². The molecular weight excluding hydrogens is 282 g/mol. The molecule has 0 radical (unpaired) electrons. The molecule has 1 N–H and O–H groups in total. The molecule has 0 heterocycles. The molecule has 3 nitrogen and oxygen atoms in total. The van der Waals surface area contributed by atoms with Gasteiger partial charge in [-0.3, -0.25) is 0 Å². The summed E-state index contributed by atoms with van der Waals surface area (Å²) in [4.78, 5) is 0. The highest BCUT2D eigenvalue weighted by Crippen LogP contribution is 2.24. The first-order chi connectivity index (χ1) is 8.95. The highest BCUT2D eigenvalue weighted by atomic mass is 35.5. The lowest BCUT2D eigenvalue weighted by Gasteiger charge is -2.28. The standard InChI is InChI=1S/C14H20ClNO2S/c1-19(17,18)14-4-2-3-13(9-14)16-10-11-5-7-12(15)8-6-11/h5-8,13-14,16H,2-4,9-10H2,1H3. The van der Waals surface area contributed by atoms with Gasteiger partial charge in [-0.2, -0.15) is 0 Å². The maximum atomic E-state index is 11.6. The Morgan fingerprint density at radius 3 is 2.58 bits per heavy atom. The molecule has 2 unspecified atom stereocenters. The fraction of sp³-hybridized carbons (Fsp3) is 0.571. The molecule has 2 atom stereocenters. The average molecular weight is 302 g/mol. The Morgan fingerprint density at radius 1 is 1.26 bits per heavy atom. The second-order valence-electron chi connectivity index (χ2n) is 5.32. The van der Waals surface area contributed by atoms with E-state index in [0.29, 0.717) is 6.04 Å². The van der Waals surface area contributed by atoms with Crippen LogP contribution in [0, 0.1) is 0 Å². The Labute approximate surface area is 120 Å². The fourth-order valence-corrected chi connectivity index (χ4v) is 3.89. The summed E-state index contributed by atoms with van der Waals surface area (Å²) in [7, 11) is -2.90. The van der Waals surface area contributed by atoms with Gasteiger partial charge in [0.2, 0.25) is 0 Å². The lowest BCUT2D eigenvalue weighted by Crippen LogP contribution is -2.38. The van der Waals surface area contributed by atoms with Crippen molar-refractivity contribution in [1.29, 1.82) is 0 Å². The van der Waals surface area contributed by atoms with E-state index in [2.05, 4.69) is 5.32 Å². The molecule has 1 aromatic rings. The summed E-state index contributed by atoms with van der Waals surface area (Å²) in [5.41, 5.74) is 1.17. The van der Waals surface area contributed by atoms with Crippen LogP contribution in [0.1, 0.15) is 31.2 Å². The van der Waals surface area contributed by atoms with Crippen molar-refractivity contribution in [2.24, 2.45) is 0 Å². The van der Waals surface area contributed by atoms with E-state index in [1.807, 2.05) is 24.3 Å². The van der Waals surface area contributed by atoms with E-state index < -0.39 is 9.84 Å². The second kappa shape index (κ2) is 6.25. The monoisotopic (exact) mass is 301 g/mol. The number of sulfone groups is 1. The summed E-state index contributed by atoms with van der Waals surface area (Å²) in [6.07, 6.45) is 4.92. The van der Waals surface area contributed by atoms with Gasteiger partial charge in [0.15, 0.2) is 0 Å². The normalized spacial score (nSPS) is 24.3. The van der Waals surface area contributed by atoms with Gasteiger partial charge in [-0.1, -0.05) is 30.2 Å². The van der Waals surface area contributed by atoms with Crippen LogP contribution in [0.5, 0.6) is 0 Å². The molecule has 0 saturated heterocycles. The zero-order chi connectivity index (χ0) is 13.9. The minimum atomic E-state index is -2.90. The van der Waals surface area contributed by atoms with Crippen LogP contribution in [-0.4, -0.2) is 26.0 Å². The summed E-state index contributed by atoms with van der Waals surface area (Å²) >= 11 is 5.84. The summed E-state index contributed by atoms with van der Waals surface area (Å²) in [6, 6.07) is 8.03. The first-order valence-electron chi connectivity index (χ1n) is 6.62. The lowest BCUT2D eigenvalue weighted by atomic mass is 9.95. The van der Waals surface area contributed by atoms with Crippen molar-refractivity contribution in [3.05, 3.63) is 34.9 Å². The average Bonchev–Trinajstić information content (AvgIpc) is 2.37. The molecule has 2 rings (SSSR count). The zero-order valence-electron chi connectivity index (χ0n) is 11.1. The Kier molecular flexibility index (Phi) is 4.87. The molecule has 0 aromatic heterocycles. The van der Waals surface area contributed by atoms with Gasteiger partial charge in [0.05, 0.1) is 5.25 Å². The van der Waals surface area contributed by atoms with E-state index in [1.54, 1.807) is 0 Å². The molecule has 1 aliphatic rings. The van der Waals surface area contributed by atoms with Gasteiger partial charge in [0.25, 0.3) is 0 Å². The van der Waals surface area contributed by atoms with Crippen molar-refractivity contribution in [3.8, 4) is 0 Å². The quantitative estimate of drug-likeness (QED) is 0.930. The predicted octanol–water partition coefficient (Wildman–Crippen LogP) is 2.79. The minimum absolute atomic E-state index is 0.177. The van der Waals surface area contributed by atoms with Crippen LogP contribution < -0.4 is 5.32 Å². The summed E-state index contributed by atoms with van der Waals surface area (Å²) in [5.74, 6) is 0. The van der Waals surface area contributed by atoms with E-state index in [9.17, 15) is 8.42 Å². The highest BCUT2D eigenvalue weighted by Gasteiger charge is 2.28. The third-order valence-electron chi connectivity index (χ3n) is 3.74. The van der Waals surface area contributed by atoms with Gasteiger partial charge in [-0.25, -0.2) is 8.42 Å². The number of rotatable bonds is 4. The molecule has 1 aliphatic carbocycles. The van der Waals surface area contributed by atoms with Crippen LogP contribution in [0.2, 0.25) is 5.02 Å². The summed E-state index contributed by atoms with van der Waals surface area (Å²) in [5, 5.41) is 4.01. The first-order valence-corrected chi connectivity index (χ1v) is 8.95. The minimum Gasteiger partial charge on any atom is -0.310 e. The Balaban J connectivity index is 1.87. The van der Waals surface area contributed by atoms with E-state index in [1.165, 1.54) is 11.8 Å². The van der Waals surface area contributed by atoms with Crippen LogP contribution in [0.15, 0.2) is 24.3 Å². The summed E-state index contributed by atoms with van der Waals surface area (Å²) in [6.45, 7) is 0.762. The molecule has 106 valence electrons. The van der Waals surface area contributed by atoms with Crippen LogP contribution >= 0.6 is 11.6 Å². The molecule has 5 heteroatoms. The molecule has 0 amide bonds. The Bertz CT molecular complexity index is 513. The van der Waals surface area contributed by atoms with Gasteiger partial charge >= 0.3 is 0 Å². The molecule has 0 aliphatic heterocycles. The smallest absolute Gasteiger partial charge is 0.150 e. The van der Waals surface area contributed by atoms with Crippen molar-refractivity contribution in [1.82, 2.24) is 5.32 Å². The molecule has 1 saturated carbocycles. The lowest BCUT2D eigenvalue weighted by molar-refractivity contribution is 0.371.